The average Bonchev–Trinajstić information content (AvgIpc) is 3.25. The highest BCUT2D eigenvalue weighted by Gasteiger charge is 2.23. The molecule has 6 aromatic rings. The van der Waals surface area contributed by atoms with Crippen molar-refractivity contribution in [2.24, 2.45) is 0 Å². The Morgan fingerprint density at radius 2 is 0.889 bits per heavy atom. The number of para-hydroxylation sites is 2. The second-order valence-corrected chi connectivity index (χ2v) is 18.5. The van der Waals surface area contributed by atoms with Gasteiger partial charge < -0.3 is 20.1 Å². The fourth-order valence-corrected chi connectivity index (χ4v) is 9.24. The Morgan fingerprint density at radius 1 is 0.540 bits per heavy atom. The summed E-state index contributed by atoms with van der Waals surface area (Å²) in [6.45, 7) is 0. The average molecular weight is 987 g/mol. The minimum Gasteiger partial charge on any atom is -0.496 e. The van der Waals surface area contributed by atoms with Gasteiger partial charge in [0.1, 0.15) is 11.5 Å². The lowest BCUT2D eigenvalue weighted by molar-refractivity contribution is -0.112. The molecule has 324 valence electrons. The number of ether oxygens (including phenoxy) is 2. The van der Waals surface area contributed by atoms with Crippen LogP contribution in [0.1, 0.15) is 11.1 Å². The molecular weight excluding hydrogens is 955 g/mol. The van der Waals surface area contributed by atoms with Crippen molar-refractivity contribution >= 4 is 114 Å². The standard InChI is InChI=1S/C44H32Cl4N2O10S3/c1-59-35-9-5-3-7-29(35)33-23-37(43(47)41(45)31(33)19-21-39(51)49-25-11-15-27(16-12-25)62(53,54)55)61-38-24-34(30-8-4-6-10-36(30)60-2)32(42(46)44(38)48)20-22-40(52)50-26-13-17-28(18-14-26)63(56,57)58/h3-24H,1-2H3,(H,49,51)(H,50,52)(H,53,54,55)(H,56,57,58). The molecule has 0 aliphatic heterocycles. The Morgan fingerprint density at radius 3 is 1.22 bits per heavy atom. The first kappa shape index (κ1) is 47.2. The molecule has 4 N–H and O–H groups in total. The quantitative estimate of drug-likeness (QED) is 0.0601. The van der Waals surface area contributed by atoms with E-state index in [-0.39, 0.29) is 41.3 Å². The number of anilines is 2. The van der Waals surface area contributed by atoms with Gasteiger partial charge in [0.25, 0.3) is 20.2 Å². The van der Waals surface area contributed by atoms with E-state index in [0.29, 0.717) is 54.7 Å². The molecule has 0 radical (unpaired) electrons. The topological polar surface area (TPSA) is 185 Å². The molecule has 0 saturated heterocycles. The highest BCUT2D eigenvalue weighted by atomic mass is 35.5. The van der Waals surface area contributed by atoms with Crippen LogP contribution in [0.15, 0.2) is 141 Å². The van der Waals surface area contributed by atoms with Crippen molar-refractivity contribution in [3.8, 4) is 33.8 Å². The summed E-state index contributed by atoms with van der Waals surface area (Å²) in [4.78, 5) is 26.4. The fourth-order valence-electron chi connectivity index (χ4n) is 6.11. The van der Waals surface area contributed by atoms with E-state index in [1.54, 1.807) is 60.7 Å². The van der Waals surface area contributed by atoms with Crippen LogP contribution in [-0.4, -0.2) is 52.0 Å². The Labute approximate surface area is 387 Å². The van der Waals surface area contributed by atoms with Crippen molar-refractivity contribution < 1.29 is 45.0 Å². The molecule has 0 aromatic heterocycles. The van der Waals surface area contributed by atoms with Gasteiger partial charge in [-0.3, -0.25) is 18.7 Å². The van der Waals surface area contributed by atoms with E-state index in [1.807, 2.05) is 0 Å². The zero-order valence-corrected chi connectivity index (χ0v) is 38.1. The molecule has 0 saturated carbocycles. The lowest BCUT2D eigenvalue weighted by Crippen LogP contribution is -2.08. The maximum absolute atomic E-state index is 13.1. The lowest BCUT2D eigenvalue weighted by atomic mass is 9.98. The van der Waals surface area contributed by atoms with E-state index in [9.17, 15) is 35.5 Å². The number of carbonyl (C=O) groups is 2. The van der Waals surface area contributed by atoms with Gasteiger partial charge in [-0.1, -0.05) is 94.6 Å². The molecule has 0 spiro atoms. The molecule has 0 fully saturated rings. The van der Waals surface area contributed by atoms with E-state index in [2.05, 4.69) is 10.6 Å². The third-order valence-electron chi connectivity index (χ3n) is 9.08. The summed E-state index contributed by atoms with van der Waals surface area (Å²) in [5, 5.41) is 5.63. The van der Waals surface area contributed by atoms with Crippen molar-refractivity contribution in [3.05, 3.63) is 153 Å². The van der Waals surface area contributed by atoms with E-state index < -0.39 is 32.1 Å². The molecule has 2 amide bonds. The number of halogens is 4. The van der Waals surface area contributed by atoms with Gasteiger partial charge >= 0.3 is 0 Å². The van der Waals surface area contributed by atoms with Gasteiger partial charge in [0, 0.05) is 55.6 Å². The first-order valence-corrected chi connectivity index (χ1v) is 23.2. The van der Waals surface area contributed by atoms with Crippen LogP contribution in [0.3, 0.4) is 0 Å². The van der Waals surface area contributed by atoms with Crippen molar-refractivity contribution in [1.29, 1.82) is 0 Å². The van der Waals surface area contributed by atoms with E-state index in [1.165, 1.54) is 62.8 Å². The van der Waals surface area contributed by atoms with Gasteiger partial charge in [0.05, 0.1) is 44.1 Å². The normalized spacial score (nSPS) is 11.8. The van der Waals surface area contributed by atoms with Crippen LogP contribution in [0.25, 0.3) is 34.4 Å². The number of methoxy groups -OCH3 is 2. The third-order valence-corrected chi connectivity index (χ3v) is 13.9. The summed E-state index contributed by atoms with van der Waals surface area (Å²) in [5.41, 5.74) is 3.50. The van der Waals surface area contributed by atoms with Gasteiger partial charge in [0.15, 0.2) is 0 Å². The number of rotatable bonds is 14. The molecule has 0 aliphatic carbocycles. The van der Waals surface area contributed by atoms with Crippen molar-refractivity contribution in [2.45, 2.75) is 19.6 Å². The first-order chi connectivity index (χ1) is 29.9. The minimum absolute atomic E-state index is 0.0782. The SMILES string of the molecule is COc1ccccc1-c1cc(Sc2cc(-c3ccccc3OC)c(C=CC(=O)Nc3ccc(S(=O)(=O)O)cc3)c(Cl)c2Cl)c(Cl)c(Cl)c1C=CC(=O)Nc1ccc(S(=O)(=O)O)cc1. The van der Waals surface area contributed by atoms with E-state index in [0.717, 1.165) is 36.0 Å². The maximum Gasteiger partial charge on any atom is 0.294 e. The first-order valence-electron chi connectivity index (χ1n) is 18.0. The lowest BCUT2D eigenvalue weighted by Gasteiger charge is -2.19. The number of benzene rings is 6. The number of carbonyl (C=O) groups excluding carboxylic acids is 2. The molecular formula is C44H32Cl4N2O10S3. The second-order valence-electron chi connectivity index (χ2n) is 13.1. The zero-order chi connectivity index (χ0) is 45.6. The summed E-state index contributed by atoms with van der Waals surface area (Å²) in [6, 6.07) is 27.7. The minimum atomic E-state index is -4.42. The fraction of sp³-hybridized carbons (Fsp3) is 0.0455. The Bertz CT molecular complexity index is 2830. The van der Waals surface area contributed by atoms with Crippen LogP contribution in [0.2, 0.25) is 20.1 Å². The highest BCUT2D eigenvalue weighted by molar-refractivity contribution is 7.99. The molecule has 6 aromatic carbocycles. The Balaban J connectivity index is 1.40. The van der Waals surface area contributed by atoms with Crippen molar-refractivity contribution in [2.75, 3.05) is 24.9 Å². The smallest absolute Gasteiger partial charge is 0.294 e. The predicted octanol–water partition coefficient (Wildman–Crippen LogP) is 11.6. The molecule has 0 unspecified atom stereocenters. The van der Waals surface area contributed by atoms with E-state index >= 15 is 0 Å². The summed E-state index contributed by atoms with van der Waals surface area (Å²) in [6.07, 6.45) is 5.40. The molecule has 0 atom stereocenters. The van der Waals surface area contributed by atoms with Crippen LogP contribution in [0.5, 0.6) is 11.5 Å². The summed E-state index contributed by atoms with van der Waals surface area (Å²) < 4.78 is 75.7. The third kappa shape index (κ3) is 11.3. The van der Waals surface area contributed by atoms with Gasteiger partial charge in [0.2, 0.25) is 11.8 Å². The summed E-state index contributed by atoms with van der Waals surface area (Å²) in [7, 11) is -5.84. The molecule has 6 rings (SSSR count). The number of nitrogens with one attached hydrogen (secondary N) is 2. The highest BCUT2D eigenvalue weighted by Crippen LogP contribution is 2.50. The maximum atomic E-state index is 13.1. The zero-order valence-electron chi connectivity index (χ0n) is 32.6. The van der Waals surface area contributed by atoms with Crippen LogP contribution in [0.4, 0.5) is 11.4 Å². The second kappa shape index (κ2) is 20.0. The summed E-state index contributed by atoms with van der Waals surface area (Å²) >= 11 is 29.2. The number of hydrogen-bond donors (Lipinski definition) is 4. The van der Waals surface area contributed by atoms with Gasteiger partial charge in [-0.25, -0.2) is 0 Å². The molecule has 19 heteroatoms. The summed E-state index contributed by atoms with van der Waals surface area (Å²) in [5.74, 6) is -0.200. The number of hydrogen-bond acceptors (Lipinski definition) is 9. The largest absolute Gasteiger partial charge is 0.496 e. The van der Waals surface area contributed by atoms with Gasteiger partial charge in [-0.2, -0.15) is 16.8 Å². The van der Waals surface area contributed by atoms with Crippen molar-refractivity contribution in [1.82, 2.24) is 0 Å². The predicted molar refractivity (Wildman–Crippen MR) is 249 cm³/mol. The van der Waals surface area contributed by atoms with E-state index in [4.69, 9.17) is 55.9 Å². The molecule has 63 heavy (non-hydrogen) atoms. The van der Waals surface area contributed by atoms with Crippen LogP contribution in [-0.2, 0) is 29.8 Å². The molecule has 0 bridgehead atoms. The Kier molecular flexibility index (Phi) is 15.0. The van der Waals surface area contributed by atoms with Crippen LogP contribution >= 0.6 is 58.2 Å². The van der Waals surface area contributed by atoms with Crippen LogP contribution < -0.4 is 20.1 Å². The van der Waals surface area contributed by atoms with Gasteiger partial charge in [-0.05, 0) is 96.1 Å². The Hall–Kier alpha value is -5.33. The molecule has 0 aliphatic rings. The van der Waals surface area contributed by atoms with Crippen molar-refractivity contribution in [3.63, 3.8) is 0 Å². The molecule has 0 heterocycles. The van der Waals surface area contributed by atoms with Crippen LogP contribution in [0, 0.1) is 0 Å². The monoisotopic (exact) mass is 984 g/mol. The molecule has 12 nitrogen and oxygen atoms in total. The number of amides is 2. The van der Waals surface area contributed by atoms with Gasteiger partial charge in [-0.15, -0.1) is 0 Å².